The monoisotopic (exact) mass is 280 g/mol. The summed E-state index contributed by atoms with van der Waals surface area (Å²) in [5, 5.41) is 12.6. The van der Waals surface area contributed by atoms with Crippen molar-refractivity contribution in [1.82, 2.24) is 4.90 Å². The molecule has 5 heteroatoms. The highest BCUT2D eigenvalue weighted by Crippen LogP contribution is 2.23. The molecule has 1 aromatic rings. The number of amides is 1. The normalized spacial score (nSPS) is 18.9. The third kappa shape index (κ3) is 3.28. The third-order valence-corrected chi connectivity index (χ3v) is 3.48. The van der Waals surface area contributed by atoms with Crippen LogP contribution in [0.15, 0.2) is 18.2 Å². The molecule has 1 unspecified atom stereocenters. The number of aliphatic hydroxyl groups excluding tert-OH is 1. The predicted molar refractivity (Wildman–Crippen MR) is 76.3 cm³/mol. The second kappa shape index (κ2) is 6.70. The summed E-state index contributed by atoms with van der Waals surface area (Å²) >= 11 is 0. The molecule has 110 valence electrons. The molecule has 1 aliphatic rings. The zero-order valence-electron chi connectivity index (χ0n) is 11.7. The number of hydrogen-bond donors (Lipinski definition) is 2. The Balaban J connectivity index is 2.22. The number of para-hydroxylation sites is 1. The van der Waals surface area contributed by atoms with Gasteiger partial charge in [0.1, 0.15) is 5.82 Å². The van der Waals surface area contributed by atoms with Crippen molar-refractivity contribution >= 4 is 11.6 Å². The predicted octanol–water partition coefficient (Wildman–Crippen LogP) is 2.24. The quantitative estimate of drug-likeness (QED) is 0.889. The summed E-state index contributed by atoms with van der Waals surface area (Å²) in [6.45, 7) is 3.53. The van der Waals surface area contributed by atoms with Crippen molar-refractivity contribution < 1.29 is 14.3 Å². The number of anilines is 1. The SMILES string of the molecule is CCCNc1c(F)cccc1C(=O)N1CCCC(O)C1. The molecule has 1 aliphatic heterocycles. The molecule has 4 nitrogen and oxygen atoms in total. The molecule has 0 aromatic heterocycles. The van der Waals surface area contributed by atoms with E-state index >= 15 is 0 Å². The van der Waals surface area contributed by atoms with Crippen molar-refractivity contribution in [2.75, 3.05) is 25.0 Å². The van der Waals surface area contributed by atoms with E-state index in [1.54, 1.807) is 17.0 Å². The summed E-state index contributed by atoms with van der Waals surface area (Å²) in [6.07, 6.45) is 1.87. The van der Waals surface area contributed by atoms with E-state index in [9.17, 15) is 14.3 Å². The van der Waals surface area contributed by atoms with E-state index in [1.165, 1.54) is 6.07 Å². The zero-order valence-corrected chi connectivity index (χ0v) is 11.7. The summed E-state index contributed by atoms with van der Waals surface area (Å²) in [4.78, 5) is 14.1. The van der Waals surface area contributed by atoms with E-state index in [-0.39, 0.29) is 11.6 Å². The van der Waals surface area contributed by atoms with Crippen LogP contribution in [-0.4, -0.2) is 41.7 Å². The fourth-order valence-corrected chi connectivity index (χ4v) is 2.44. The maximum Gasteiger partial charge on any atom is 0.256 e. The van der Waals surface area contributed by atoms with Gasteiger partial charge in [0, 0.05) is 19.6 Å². The van der Waals surface area contributed by atoms with Crippen LogP contribution in [-0.2, 0) is 0 Å². The number of β-amino-alcohol motifs (C(OH)–C–C–N with tert-alkyl or cyclic N) is 1. The number of likely N-dealkylation sites (tertiary alicyclic amines) is 1. The van der Waals surface area contributed by atoms with Crippen LogP contribution in [0.4, 0.5) is 10.1 Å². The second-order valence-corrected chi connectivity index (χ2v) is 5.14. The topological polar surface area (TPSA) is 52.6 Å². The fraction of sp³-hybridized carbons (Fsp3) is 0.533. The van der Waals surface area contributed by atoms with Gasteiger partial charge in [-0.2, -0.15) is 0 Å². The van der Waals surface area contributed by atoms with Crippen LogP contribution in [0.25, 0.3) is 0 Å². The number of nitrogens with zero attached hydrogens (tertiary/aromatic N) is 1. The maximum absolute atomic E-state index is 13.9. The van der Waals surface area contributed by atoms with Gasteiger partial charge in [-0.3, -0.25) is 4.79 Å². The van der Waals surface area contributed by atoms with E-state index in [1.807, 2.05) is 6.92 Å². The molecule has 0 bridgehead atoms. The number of carbonyl (C=O) groups excluding carboxylic acids is 1. The van der Waals surface area contributed by atoms with Gasteiger partial charge in [0.25, 0.3) is 5.91 Å². The maximum atomic E-state index is 13.9. The fourth-order valence-electron chi connectivity index (χ4n) is 2.44. The number of hydrogen-bond acceptors (Lipinski definition) is 3. The summed E-state index contributed by atoms with van der Waals surface area (Å²) < 4.78 is 13.9. The third-order valence-electron chi connectivity index (χ3n) is 3.48. The van der Waals surface area contributed by atoms with Crippen molar-refractivity contribution in [2.24, 2.45) is 0 Å². The largest absolute Gasteiger partial charge is 0.391 e. The smallest absolute Gasteiger partial charge is 0.256 e. The number of halogens is 1. The van der Waals surface area contributed by atoms with Crippen molar-refractivity contribution in [3.8, 4) is 0 Å². The molecule has 0 radical (unpaired) electrons. The lowest BCUT2D eigenvalue weighted by atomic mass is 10.1. The summed E-state index contributed by atoms with van der Waals surface area (Å²) in [5.74, 6) is -0.635. The Morgan fingerprint density at radius 2 is 2.35 bits per heavy atom. The van der Waals surface area contributed by atoms with E-state index in [2.05, 4.69) is 5.32 Å². The molecule has 1 saturated heterocycles. The first kappa shape index (κ1) is 14.8. The Morgan fingerprint density at radius 1 is 1.55 bits per heavy atom. The Kier molecular flexibility index (Phi) is 4.95. The molecular formula is C15H21FN2O2. The van der Waals surface area contributed by atoms with Gasteiger partial charge in [0.15, 0.2) is 0 Å². The molecule has 1 amide bonds. The average Bonchev–Trinajstić information content (AvgIpc) is 2.45. The molecule has 1 atom stereocenters. The first-order chi connectivity index (χ1) is 9.63. The van der Waals surface area contributed by atoms with Gasteiger partial charge in [-0.25, -0.2) is 4.39 Å². The molecule has 2 N–H and O–H groups in total. The van der Waals surface area contributed by atoms with Gasteiger partial charge in [0.05, 0.1) is 17.4 Å². The van der Waals surface area contributed by atoms with Crippen molar-refractivity contribution in [1.29, 1.82) is 0 Å². The lowest BCUT2D eigenvalue weighted by molar-refractivity contribution is 0.0474. The van der Waals surface area contributed by atoms with Crippen LogP contribution < -0.4 is 5.32 Å². The number of nitrogens with one attached hydrogen (secondary N) is 1. The minimum atomic E-state index is -0.478. The lowest BCUT2D eigenvalue weighted by Crippen LogP contribution is -2.42. The van der Waals surface area contributed by atoms with Gasteiger partial charge in [-0.05, 0) is 31.4 Å². The summed E-state index contributed by atoms with van der Waals surface area (Å²) in [7, 11) is 0. The molecule has 0 saturated carbocycles. The van der Waals surface area contributed by atoms with Gasteiger partial charge in [-0.1, -0.05) is 13.0 Å². The van der Waals surface area contributed by atoms with Crippen LogP contribution >= 0.6 is 0 Å². The first-order valence-corrected chi connectivity index (χ1v) is 7.13. The Bertz CT molecular complexity index is 479. The van der Waals surface area contributed by atoms with Crippen molar-refractivity contribution in [2.45, 2.75) is 32.3 Å². The van der Waals surface area contributed by atoms with Crippen LogP contribution in [0.5, 0.6) is 0 Å². The standard InChI is InChI=1S/C15H21FN2O2/c1-2-8-17-14-12(6-3-7-13(14)16)15(20)18-9-4-5-11(19)10-18/h3,6-7,11,17,19H,2,4-5,8-10H2,1H3. The lowest BCUT2D eigenvalue weighted by Gasteiger charge is -2.30. The van der Waals surface area contributed by atoms with E-state index in [0.29, 0.717) is 31.6 Å². The molecule has 0 spiro atoms. The number of aliphatic hydroxyl groups is 1. The number of benzene rings is 1. The van der Waals surface area contributed by atoms with Crippen LogP contribution in [0, 0.1) is 5.82 Å². The summed E-state index contributed by atoms with van der Waals surface area (Å²) in [6, 6.07) is 4.52. The molecular weight excluding hydrogens is 259 g/mol. The van der Waals surface area contributed by atoms with Crippen LogP contribution in [0.2, 0.25) is 0 Å². The number of rotatable bonds is 4. The minimum absolute atomic E-state index is 0.221. The first-order valence-electron chi connectivity index (χ1n) is 7.13. The second-order valence-electron chi connectivity index (χ2n) is 5.14. The average molecular weight is 280 g/mol. The molecule has 2 rings (SSSR count). The van der Waals surface area contributed by atoms with Gasteiger partial charge < -0.3 is 15.3 Å². The highest BCUT2D eigenvalue weighted by Gasteiger charge is 2.25. The molecule has 20 heavy (non-hydrogen) atoms. The Labute approximate surface area is 118 Å². The highest BCUT2D eigenvalue weighted by atomic mass is 19.1. The zero-order chi connectivity index (χ0) is 14.5. The van der Waals surface area contributed by atoms with E-state index in [4.69, 9.17) is 0 Å². The molecule has 1 heterocycles. The number of piperidine rings is 1. The van der Waals surface area contributed by atoms with E-state index < -0.39 is 11.9 Å². The minimum Gasteiger partial charge on any atom is -0.391 e. The van der Waals surface area contributed by atoms with Gasteiger partial charge in [0.2, 0.25) is 0 Å². The van der Waals surface area contributed by atoms with Gasteiger partial charge >= 0.3 is 0 Å². The van der Waals surface area contributed by atoms with Crippen LogP contribution in [0.3, 0.4) is 0 Å². The van der Waals surface area contributed by atoms with Crippen molar-refractivity contribution in [3.63, 3.8) is 0 Å². The molecule has 1 fully saturated rings. The van der Waals surface area contributed by atoms with Crippen molar-refractivity contribution in [3.05, 3.63) is 29.6 Å². The Hall–Kier alpha value is -1.62. The molecule has 0 aliphatic carbocycles. The van der Waals surface area contributed by atoms with E-state index in [0.717, 1.165) is 12.8 Å². The Morgan fingerprint density at radius 3 is 3.05 bits per heavy atom. The van der Waals surface area contributed by atoms with Gasteiger partial charge in [-0.15, -0.1) is 0 Å². The van der Waals surface area contributed by atoms with Crippen LogP contribution in [0.1, 0.15) is 36.5 Å². The highest BCUT2D eigenvalue weighted by molar-refractivity contribution is 5.99. The summed E-state index contributed by atoms with van der Waals surface area (Å²) in [5.41, 5.74) is 0.604. The number of carbonyl (C=O) groups is 1. The molecule has 1 aromatic carbocycles.